The molecule has 0 saturated heterocycles. The molecule has 0 unspecified atom stereocenters. The molecule has 0 N–H and O–H groups in total. The molecule has 0 amide bonds. The maximum Gasteiger partial charge on any atom is 0.0859 e. The van der Waals surface area contributed by atoms with Crippen LogP contribution in [0, 0.1) is 0 Å². The first-order valence-corrected chi connectivity index (χ1v) is 18.1. The third kappa shape index (κ3) is 5.92. The highest BCUT2D eigenvalue weighted by Gasteiger charge is 2.26. The van der Waals surface area contributed by atoms with Gasteiger partial charge in [-0.2, -0.15) is 0 Å². The van der Waals surface area contributed by atoms with Crippen molar-refractivity contribution in [2.24, 2.45) is 15.0 Å². The van der Waals surface area contributed by atoms with Gasteiger partial charge in [-0.05, 0) is 90.3 Å². The lowest BCUT2D eigenvalue weighted by Crippen LogP contribution is -2.21. The Balaban J connectivity index is 1.15. The molecule has 2 heterocycles. The van der Waals surface area contributed by atoms with E-state index in [1.54, 1.807) is 0 Å². The van der Waals surface area contributed by atoms with E-state index in [-0.39, 0.29) is 0 Å². The van der Waals surface area contributed by atoms with E-state index in [2.05, 4.69) is 142 Å². The van der Waals surface area contributed by atoms with Gasteiger partial charge in [-0.3, -0.25) is 15.0 Å². The predicted octanol–water partition coefficient (Wildman–Crippen LogP) is 12.2. The predicted molar refractivity (Wildman–Crippen MR) is 228 cm³/mol. The summed E-state index contributed by atoms with van der Waals surface area (Å²) in [6.07, 6.45) is 2.03. The molecule has 5 heteroatoms. The van der Waals surface area contributed by atoms with E-state index in [9.17, 15) is 0 Å². The quantitative estimate of drug-likeness (QED) is 0.139. The number of aromatic nitrogens is 1. The summed E-state index contributed by atoms with van der Waals surface area (Å²) in [5.74, 6) is 0. The lowest BCUT2D eigenvalue weighted by molar-refractivity contribution is 0.963. The molecule has 5 nitrogen and oxygen atoms in total. The van der Waals surface area contributed by atoms with Gasteiger partial charge in [0.1, 0.15) is 0 Å². The minimum atomic E-state index is 0.505. The molecule has 9 rings (SSSR count). The van der Waals surface area contributed by atoms with Crippen molar-refractivity contribution >= 4 is 63.7 Å². The molecule has 0 fully saturated rings. The highest BCUT2D eigenvalue weighted by molar-refractivity contribution is 6.13. The smallest absolute Gasteiger partial charge is 0.0859 e. The summed E-state index contributed by atoms with van der Waals surface area (Å²) in [7, 11) is 0. The van der Waals surface area contributed by atoms with Crippen molar-refractivity contribution in [2.75, 3.05) is 4.90 Å². The van der Waals surface area contributed by atoms with Crippen LogP contribution in [-0.2, 0) is 13.1 Å². The molecule has 0 spiro atoms. The molecule has 0 aliphatic carbocycles. The second-order valence-electron chi connectivity index (χ2n) is 13.4. The summed E-state index contributed by atoms with van der Waals surface area (Å²) in [6, 6.07) is 59.5. The fraction of sp³-hybridized carbons (Fsp3) is 0.0408. The van der Waals surface area contributed by atoms with Gasteiger partial charge in [0.05, 0.1) is 40.4 Å². The van der Waals surface area contributed by atoms with Crippen molar-refractivity contribution in [3.63, 3.8) is 0 Å². The highest BCUT2D eigenvalue weighted by atomic mass is 15.2. The van der Waals surface area contributed by atoms with E-state index in [1.165, 1.54) is 38.5 Å². The average Bonchev–Trinajstić information content (AvgIpc) is 3.56. The molecule has 54 heavy (non-hydrogen) atoms. The number of fused-ring (bicyclic) bond motifs is 6. The Morgan fingerprint density at radius 1 is 0.593 bits per heavy atom. The summed E-state index contributed by atoms with van der Waals surface area (Å²) in [5, 5.41) is 2.45. The molecule has 258 valence electrons. The van der Waals surface area contributed by atoms with Crippen LogP contribution in [0.15, 0.2) is 191 Å². The van der Waals surface area contributed by atoms with E-state index in [0.717, 1.165) is 57.4 Å². The first-order valence-electron chi connectivity index (χ1n) is 18.1. The molecule has 8 aromatic rings. The van der Waals surface area contributed by atoms with E-state index < -0.39 is 0 Å². The van der Waals surface area contributed by atoms with Crippen LogP contribution in [0.4, 0.5) is 17.1 Å². The van der Waals surface area contributed by atoms with Gasteiger partial charge in [-0.1, -0.05) is 121 Å². The second kappa shape index (κ2) is 14.1. The van der Waals surface area contributed by atoms with Gasteiger partial charge in [0.2, 0.25) is 0 Å². The summed E-state index contributed by atoms with van der Waals surface area (Å²) < 4.78 is 2.40. The summed E-state index contributed by atoms with van der Waals surface area (Å²) in [6.45, 7) is 8.97. The summed E-state index contributed by atoms with van der Waals surface area (Å²) in [5.41, 5.74) is 15.0. The van der Waals surface area contributed by atoms with Crippen LogP contribution in [0.1, 0.15) is 22.3 Å². The van der Waals surface area contributed by atoms with Crippen molar-refractivity contribution in [1.29, 1.82) is 0 Å². The van der Waals surface area contributed by atoms with E-state index in [4.69, 9.17) is 4.99 Å². The minimum Gasteiger partial charge on any atom is -0.335 e. The van der Waals surface area contributed by atoms with Crippen LogP contribution in [0.2, 0.25) is 0 Å². The molecule has 0 saturated carbocycles. The molecule has 0 radical (unpaired) electrons. The summed E-state index contributed by atoms with van der Waals surface area (Å²) in [4.78, 5) is 16.3. The third-order valence-corrected chi connectivity index (χ3v) is 10.2. The van der Waals surface area contributed by atoms with Gasteiger partial charge in [-0.15, -0.1) is 0 Å². The number of anilines is 2. The van der Waals surface area contributed by atoms with Gasteiger partial charge in [0.15, 0.2) is 0 Å². The fourth-order valence-electron chi connectivity index (χ4n) is 7.71. The normalized spacial score (nSPS) is 12.8. The van der Waals surface area contributed by atoms with Crippen LogP contribution in [0.3, 0.4) is 0 Å². The maximum absolute atomic E-state index is 5.18. The number of para-hydroxylation sites is 4. The standard InChI is InChI=1S/C49H37N5/c1-50-43-24-11-14-27-48(43)53-33-37-29-42-40-23-10-13-26-47(40)54(49(42)30-41(37)39-22-9-12-25-46(39)53)38-21-15-16-34(28-38)32-52-45(36-19-7-4-8-20-36)31-44(51-2)35-17-5-3-6-18-35/h3-31H,1-2,32-33H2/b44-31-,52-45?. The molecular formula is C49H37N5. The largest absolute Gasteiger partial charge is 0.335 e. The first-order chi connectivity index (χ1) is 26.7. The maximum atomic E-state index is 5.18. The highest BCUT2D eigenvalue weighted by Crippen LogP contribution is 2.47. The van der Waals surface area contributed by atoms with Crippen LogP contribution in [0.5, 0.6) is 0 Å². The van der Waals surface area contributed by atoms with Crippen molar-refractivity contribution in [2.45, 2.75) is 13.1 Å². The molecule has 1 aliphatic rings. The molecule has 1 aliphatic heterocycles. The zero-order valence-corrected chi connectivity index (χ0v) is 29.8. The second-order valence-corrected chi connectivity index (χ2v) is 13.4. The van der Waals surface area contributed by atoms with Gasteiger partial charge in [-0.25, -0.2) is 0 Å². The Hall–Kier alpha value is -7.11. The SMILES string of the molecule is C=N/C(=C\C(=NCc1cccc(-n2c3ccccc3c3cc4c(cc32)-c2ccccc2N(c2ccccc2N=C)C4)c1)c1ccccc1)c1ccccc1. The number of aliphatic imine (C=N–C) groups is 3. The minimum absolute atomic E-state index is 0.505. The number of hydrogen-bond acceptors (Lipinski definition) is 4. The van der Waals surface area contributed by atoms with Gasteiger partial charge in [0, 0.05) is 39.8 Å². The lowest BCUT2D eigenvalue weighted by Gasteiger charge is -2.33. The average molecular weight is 696 g/mol. The summed E-state index contributed by atoms with van der Waals surface area (Å²) >= 11 is 0. The van der Waals surface area contributed by atoms with Crippen LogP contribution in [-0.4, -0.2) is 23.7 Å². The fourth-order valence-corrected chi connectivity index (χ4v) is 7.71. The third-order valence-electron chi connectivity index (χ3n) is 10.2. The molecule has 0 atom stereocenters. The lowest BCUT2D eigenvalue weighted by atomic mass is 9.91. The first kappa shape index (κ1) is 32.8. The van der Waals surface area contributed by atoms with Gasteiger partial charge < -0.3 is 9.47 Å². The van der Waals surface area contributed by atoms with Gasteiger partial charge in [0.25, 0.3) is 0 Å². The van der Waals surface area contributed by atoms with E-state index >= 15 is 0 Å². The number of nitrogens with zero attached hydrogens (tertiary/aromatic N) is 5. The Morgan fingerprint density at radius 2 is 1.30 bits per heavy atom. The Morgan fingerprint density at radius 3 is 2.09 bits per heavy atom. The monoisotopic (exact) mass is 695 g/mol. The van der Waals surface area contributed by atoms with Crippen molar-refractivity contribution in [3.8, 4) is 16.8 Å². The van der Waals surface area contributed by atoms with Crippen molar-refractivity contribution in [3.05, 3.63) is 198 Å². The van der Waals surface area contributed by atoms with Crippen molar-refractivity contribution < 1.29 is 0 Å². The van der Waals surface area contributed by atoms with Crippen molar-refractivity contribution in [1.82, 2.24) is 4.57 Å². The Labute approximate surface area is 315 Å². The zero-order chi connectivity index (χ0) is 36.4. The molecule has 1 aromatic heterocycles. The Kier molecular flexibility index (Phi) is 8.58. The molecule has 0 bridgehead atoms. The molecule has 7 aromatic carbocycles. The topological polar surface area (TPSA) is 45.2 Å². The number of hydrogen-bond donors (Lipinski definition) is 0. The van der Waals surface area contributed by atoms with E-state index in [0.29, 0.717) is 6.54 Å². The Bertz CT molecular complexity index is 2760. The number of benzene rings is 7. The van der Waals surface area contributed by atoms with Crippen LogP contribution in [0.25, 0.3) is 44.3 Å². The number of allylic oxidation sites excluding steroid dienone is 1. The van der Waals surface area contributed by atoms with Crippen LogP contribution >= 0.6 is 0 Å². The number of rotatable bonds is 9. The van der Waals surface area contributed by atoms with E-state index in [1.807, 2.05) is 66.7 Å². The zero-order valence-electron chi connectivity index (χ0n) is 29.8. The van der Waals surface area contributed by atoms with Crippen LogP contribution < -0.4 is 4.90 Å². The van der Waals surface area contributed by atoms with Gasteiger partial charge >= 0.3 is 0 Å². The molecular weight excluding hydrogens is 659 g/mol.